The second kappa shape index (κ2) is 8.20. The van der Waals surface area contributed by atoms with Gasteiger partial charge in [0.05, 0.1) is 0 Å². The fourth-order valence-corrected chi connectivity index (χ4v) is 2.92. The maximum atomic E-state index is 9.31. The number of phenolic OH excluding ortho intramolecular Hbond substituents is 1. The molecule has 21 heavy (non-hydrogen) atoms. The molecule has 1 aliphatic rings. The fourth-order valence-electron chi connectivity index (χ4n) is 2.92. The van der Waals surface area contributed by atoms with Crippen LogP contribution in [0.2, 0.25) is 0 Å². The van der Waals surface area contributed by atoms with Crippen LogP contribution in [0.3, 0.4) is 0 Å². The van der Waals surface area contributed by atoms with E-state index in [2.05, 4.69) is 29.7 Å². The minimum absolute atomic E-state index is 0.335. The highest BCUT2D eigenvalue weighted by atomic mass is 16.3. The van der Waals surface area contributed by atoms with Gasteiger partial charge in [-0.05, 0) is 56.7 Å². The number of benzene rings is 1. The third-order valence-electron chi connectivity index (χ3n) is 4.28. The van der Waals surface area contributed by atoms with E-state index >= 15 is 0 Å². The zero-order valence-corrected chi connectivity index (χ0v) is 13.4. The predicted molar refractivity (Wildman–Crippen MR) is 89.5 cm³/mol. The highest BCUT2D eigenvalue weighted by Gasteiger charge is 2.16. The third-order valence-corrected chi connectivity index (χ3v) is 4.28. The summed E-state index contributed by atoms with van der Waals surface area (Å²) in [6.07, 6.45) is 4.70. The molecule has 0 saturated carbocycles. The summed E-state index contributed by atoms with van der Waals surface area (Å²) in [7, 11) is 0. The van der Waals surface area contributed by atoms with Gasteiger partial charge in [0.15, 0.2) is 0 Å². The van der Waals surface area contributed by atoms with Crippen LogP contribution >= 0.6 is 0 Å². The van der Waals surface area contributed by atoms with Crippen molar-refractivity contribution in [2.45, 2.75) is 26.7 Å². The number of rotatable bonds is 7. The zero-order valence-electron chi connectivity index (χ0n) is 13.4. The number of phenols is 1. The monoisotopic (exact) mass is 288 g/mol. The molecule has 1 heterocycles. The van der Waals surface area contributed by atoms with Gasteiger partial charge in [-0.3, -0.25) is 4.90 Å². The van der Waals surface area contributed by atoms with Gasteiger partial charge in [0.25, 0.3) is 0 Å². The van der Waals surface area contributed by atoms with E-state index in [1.807, 2.05) is 12.1 Å². The second-order valence-corrected chi connectivity index (χ2v) is 5.80. The van der Waals surface area contributed by atoms with Crippen LogP contribution in [0.4, 0.5) is 0 Å². The van der Waals surface area contributed by atoms with Crippen LogP contribution in [-0.2, 0) is 0 Å². The summed E-state index contributed by atoms with van der Waals surface area (Å²) in [5.41, 5.74) is 2.69. The van der Waals surface area contributed by atoms with Gasteiger partial charge in [-0.15, -0.1) is 0 Å². The van der Waals surface area contributed by atoms with Crippen LogP contribution in [-0.4, -0.2) is 54.2 Å². The average molecular weight is 288 g/mol. The standard InChI is InChI=1S/C18H28N2O/c1-3-19(4-2)11-5-12-20-13-10-17(15-20)14-16-6-8-18(21)9-7-16/h6-9,14,21H,3-5,10-13,15H2,1-2H3/b17-14+. The minimum atomic E-state index is 0.335. The van der Waals surface area contributed by atoms with E-state index in [9.17, 15) is 5.11 Å². The number of likely N-dealkylation sites (tertiary alicyclic amines) is 1. The molecule has 0 radical (unpaired) electrons. The van der Waals surface area contributed by atoms with Gasteiger partial charge in [0.1, 0.15) is 5.75 Å². The first-order valence-corrected chi connectivity index (χ1v) is 8.14. The molecule has 1 N–H and O–H groups in total. The van der Waals surface area contributed by atoms with Gasteiger partial charge in [0, 0.05) is 13.1 Å². The van der Waals surface area contributed by atoms with Crippen LogP contribution < -0.4 is 0 Å². The number of nitrogens with zero attached hydrogens (tertiary/aromatic N) is 2. The Labute approximate surface area is 128 Å². The Balaban J connectivity index is 1.76. The number of aromatic hydroxyl groups is 1. The Morgan fingerprint density at radius 1 is 1.19 bits per heavy atom. The maximum absolute atomic E-state index is 9.31. The zero-order chi connectivity index (χ0) is 15.1. The molecular formula is C18H28N2O. The average Bonchev–Trinajstić information content (AvgIpc) is 2.93. The smallest absolute Gasteiger partial charge is 0.115 e. The number of hydrogen-bond donors (Lipinski definition) is 1. The van der Waals surface area contributed by atoms with Crippen molar-refractivity contribution in [2.24, 2.45) is 0 Å². The lowest BCUT2D eigenvalue weighted by Crippen LogP contribution is -2.28. The van der Waals surface area contributed by atoms with Crippen LogP contribution in [0.15, 0.2) is 29.8 Å². The predicted octanol–water partition coefficient (Wildman–Crippen LogP) is 3.21. The molecule has 3 nitrogen and oxygen atoms in total. The van der Waals surface area contributed by atoms with Crippen molar-refractivity contribution in [3.05, 3.63) is 35.4 Å². The molecule has 0 aromatic heterocycles. The quantitative estimate of drug-likeness (QED) is 0.834. The van der Waals surface area contributed by atoms with Crippen LogP contribution in [0, 0.1) is 0 Å². The van der Waals surface area contributed by atoms with E-state index in [1.54, 1.807) is 12.1 Å². The maximum Gasteiger partial charge on any atom is 0.115 e. The molecule has 0 bridgehead atoms. The van der Waals surface area contributed by atoms with Crippen molar-refractivity contribution < 1.29 is 5.11 Å². The second-order valence-electron chi connectivity index (χ2n) is 5.80. The Morgan fingerprint density at radius 2 is 1.90 bits per heavy atom. The topological polar surface area (TPSA) is 26.7 Å². The highest BCUT2D eigenvalue weighted by Crippen LogP contribution is 2.20. The molecule has 1 fully saturated rings. The lowest BCUT2D eigenvalue weighted by Gasteiger charge is -2.20. The summed E-state index contributed by atoms with van der Waals surface area (Å²) in [5, 5.41) is 9.31. The van der Waals surface area contributed by atoms with Crippen molar-refractivity contribution in [1.29, 1.82) is 0 Å². The van der Waals surface area contributed by atoms with Crippen LogP contribution in [0.1, 0.15) is 32.3 Å². The number of hydrogen-bond acceptors (Lipinski definition) is 3. The van der Waals surface area contributed by atoms with Crippen molar-refractivity contribution >= 4 is 6.08 Å². The minimum Gasteiger partial charge on any atom is -0.508 e. The first-order valence-electron chi connectivity index (χ1n) is 8.14. The molecule has 3 heteroatoms. The van der Waals surface area contributed by atoms with Gasteiger partial charge >= 0.3 is 0 Å². The lowest BCUT2D eigenvalue weighted by atomic mass is 10.1. The molecule has 0 atom stereocenters. The molecule has 0 spiro atoms. The van der Waals surface area contributed by atoms with Gasteiger partial charge in [-0.25, -0.2) is 0 Å². The molecule has 0 aliphatic carbocycles. The Kier molecular flexibility index (Phi) is 6.27. The summed E-state index contributed by atoms with van der Waals surface area (Å²) in [5.74, 6) is 0.335. The normalized spacial score (nSPS) is 18.0. The van der Waals surface area contributed by atoms with Crippen molar-refractivity contribution in [2.75, 3.05) is 39.3 Å². The van der Waals surface area contributed by atoms with Crippen molar-refractivity contribution in [3.8, 4) is 5.75 Å². The fraction of sp³-hybridized carbons (Fsp3) is 0.556. The molecule has 1 aromatic rings. The molecule has 1 aliphatic heterocycles. The first-order chi connectivity index (χ1) is 10.2. The van der Waals surface area contributed by atoms with Crippen LogP contribution in [0.25, 0.3) is 6.08 Å². The molecule has 0 amide bonds. The van der Waals surface area contributed by atoms with Gasteiger partial charge < -0.3 is 10.0 Å². The van der Waals surface area contributed by atoms with E-state index in [0.29, 0.717) is 5.75 Å². The summed E-state index contributed by atoms with van der Waals surface area (Å²) in [6, 6.07) is 7.46. The SMILES string of the molecule is CCN(CC)CCCN1CC/C(=C\c2ccc(O)cc2)C1. The van der Waals surface area contributed by atoms with E-state index < -0.39 is 0 Å². The van der Waals surface area contributed by atoms with Gasteiger partial charge in [0.2, 0.25) is 0 Å². The summed E-state index contributed by atoms with van der Waals surface area (Å²) >= 11 is 0. The molecule has 116 valence electrons. The summed E-state index contributed by atoms with van der Waals surface area (Å²) in [4.78, 5) is 5.04. The Morgan fingerprint density at radius 3 is 2.57 bits per heavy atom. The van der Waals surface area contributed by atoms with E-state index in [0.717, 1.165) is 19.6 Å². The highest BCUT2D eigenvalue weighted by molar-refractivity contribution is 5.54. The molecular weight excluding hydrogens is 260 g/mol. The van der Waals surface area contributed by atoms with E-state index in [4.69, 9.17) is 0 Å². The largest absolute Gasteiger partial charge is 0.508 e. The van der Waals surface area contributed by atoms with Gasteiger partial charge in [-0.1, -0.05) is 37.6 Å². The Bertz CT molecular complexity index is 449. The third kappa shape index (κ3) is 5.18. The molecule has 0 unspecified atom stereocenters. The summed E-state index contributed by atoms with van der Waals surface area (Å²) in [6.45, 7) is 11.5. The van der Waals surface area contributed by atoms with Crippen molar-refractivity contribution in [1.82, 2.24) is 9.80 Å². The Hall–Kier alpha value is -1.32. The molecule has 2 rings (SSSR count). The lowest BCUT2D eigenvalue weighted by molar-refractivity contribution is 0.265. The van der Waals surface area contributed by atoms with Crippen molar-refractivity contribution in [3.63, 3.8) is 0 Å². The first kappa shape index (κ1) is 16.1. The van der Waals surface area contributed by atoms with Crippen LogP contribution in [0.5, 0.6) is 5.75 Å². The van der Waals surface area contributed by atoms with E-state index in [-0.39, 0.29) is 0 Å². The molecule has 1 saturated heterocycles. The van der Waals surface area contributed by atoms with Gasteiger partial charge in [-0.2, -0.15) is 0 Å². The van der Waals surface area contributed by atoms with E-state index in [1.165, 1.54) is 43.6 Å². The molecule has 1 aromatic carbocycles. The summed E-state index contributed by atoms with van der Waals surface area (Å²) < 4.78 is 0.